The van der Waals surface area contributed by atoms with Gasteiger partial charge in [-0.1, -0.05) is 18.6 Å². The van der Waals surface area contributed by atoms with Crippen molar-refractivity contribution in [2.45, 2.75) is 63.5 Å². The number of piperidine rings is 1. The van der Waals surface area contributed by atoms with E-state index in [4.69, 9.17) is 9.52 Å². The van der Waals surface area contributed by atoms with Gasteiger partial charge in [-0.15, -0.1) is 0 Å². The van der Waals surface area contributed by atoms with Gasteiger partial charge in [-0.25, -0.2) is 0 Å². The minimum absolute atomic E-state index is 0.244. The van der Waals surface area contributed by atoms with E-state index in [0.29, 0.717) is 6.04 Å². The van der Waals surface area contributed by atoms with E-state index in [9.17, 15) is 4.79 Å². The van der Waals surface area contributed by atoms with Crippen molar-refractivity contribution in [3.05, 3.63) is 36.1 Å². The van der Waals surface area contributed by atoms with E-state index in [1.807, 2.05) is 12.3 Å². The lowest BCUT2D eigenvalue weighted by molar-refractivity contribution is -0.124. The van der Waals surface area contributed by atoms with Crippen molar-refractivity contribution in [1.82, 2.24) is 10.2 Å². The summed E-state index contributed by atoms with van der Waals surface area (Å²) in [6.07, 6.45) is 11.4. The van der Waals surface area contributed by atoms with Gasteiger partial charge < -0.3 is 14.8 Å². The van der Waals surface area contributed by atoms with E-state index in [-0.39, 0.29) is 11.9 Å². The van der Waals surface area contributed by atoms with Crippen LogP contribution in [0.15, 0.2) is 34.9 Å². The molecular formula is C23H32N2O3. The molecule has 1 amide bonds. The maximum absolute atomic E-state index is 11.4. The standard InChI is InChI=1S/C23H32N2O3/c26-15-23(27)24-20-9-7-17(8-10-20)11-13-25-12-2-1-5-21(25)19-14-18-4-3-6-22(18)28-16-19/h3-4,6,14,16-17,20-21,26H,1-2,5,7-13,15H2,(H,24,27). The summed E-state index contributed by atoms with van der Waals surface area (Å²) in [7, 11) is 0. The van der Waals surface area contributed by atoms with Gasteiger partial charge in [0.1, 0.15) is 12.4 Å². The lowest BCUT2D eigenvalue weighted by Crippen LogP contribution is -2.40. The summed E-state index contributed by atoms with van der Waals surface area (Å²) >= 11 is 0. The predicted molar refractivity (Wildman–Crippen MR) is 109 cm³/mol. The number of nitrogens with one attached hydrogen (secondary N) is 1. The van der Waals surface area contributed by atoms with Crippen molar-refractivity contribution in [1.29, 1.82) is 0 Å². The first-order chi connectivity index (χ1) is 13.7. The summed E-state index contributed by atoms with van der Waals surface area (Å²) < 4.78 is 5.85. The topological polar surface area (TPSA) is 65.7 Å². The molecule has 28 heavy (non-hydrogen) atoms. The van der Waals surface area contributed by atoms with Gasteiger partial charge >= 0.3 is 0 Å². The molecule has 5 heteroatoms. The van der Waals surface area contributed by atoms with E-state index in [2.05, 4.69) is 28.4 Å². The molecule has 1 saturated heterocycles. The SMILES string of the molecule is O=C(CO)NC1CCC(CCN2CCCCC2c2coc3cccc-3c2)CC1. The van der Waals surface area contributed by atoms with Gasteiger partial charge in [-0.05, 0) is 76.1 Å². The molecule has 0 bridgehead atoms. The van der Waals surface area contributed by atoms with E-state index >= 15 is 0 Å². The number of aliphatic hydroxyl groups excluding tert-OH is 1. The van der Waals surface area contributed by atoms with Crippen LogP contribution < -0.4 is 5.32 Å². The van der Waals surface area contributed by atoms with Crippen molar-refractivity contribution in [2.75, 3.05) is 19.7 Å². The Morgan fingerprint density at radius 2 is 2.04 bits per heavy atom. The summed E-state index contributed by atoms with van der Waals surface area (Å²) in [4.78, 5) is 14.0. The summed E-state index contributed by atoms with van der Waals surface area (Å²) in [6, 6.07) is 9.22. The van der Waals surface area contributed by atoms with Gasteiger partial charge in [-0.2, -0.15) is 0 Å². The van der Waals surface area contributed by atoms with Crippen LogP contribution in [0.25, 0.3) is 11.3 Å². The Labute approximate surface area is 167 Å². The van der Waals surface area contributed by atoms with Gasteiger partial charge in [-0.3, -0.25) is 9.69 Å². The number of likely N-dealkylation sites (tertiary alicyclic amines) is 1. The molecule has 2 N–H and O–H groups in total. The van der Waals surface area contributed by atoms with Crippen LogP contribution in [0.3, 0.4) is 0 Å². The number of amides is 1. The molecular weight excluding hydrogens is 352 g/mol. The molecule has 0 aromatic heterocycles. The highest BCUT2D eigenvalue weighted by atomic mass is 16.3. The Balaban J connectivity index is 1.31. The van der Waals surface area contributed by atoms with E-state index in [1.54, 1.807) is 0 Å². The molecule has 2 aliphatic heterocycles. The minimum atomic E-state index is -0.404. The van der Waals surface area contributed by atoms with E-state index in [0.717, 1.165) is 31.1 Å². The van der Waals surface area contributed by atoms with Crippen LogP contribution in [-0.2, 0) is 4.79 Å². The zero-order valence-electron chi connectivity index (χ0n) is 16.6. The average molecular weight is 385 g/mol. The first-order valence-corrected chi connectivity index (χ1v) is 10.8. The zero-order chi connectivity index (χ0) is 19.3. The summed E-state index contributed by atoms with van der Waals surface area (Å²) in [6.45, 7) is 1.91. The summed E-state index contributed by atoms with van der Waals surface area (Å²) in [5.74, 6) is 1.47. The fraction of sp³-hybridized carbons (Fsp3) is 0.609. The number of aliphatic hydroxyl groups is 1. The number of hydrogen-bond acceptors (Lipinski definition) is 4. The highest BCUT2D eigenvalue weighted by Crippen LogP contribution is 2.36. The number of carbonyl (C=O) groups excluding carboxylic acids is 1. The van der Waals surface area contributed by atoms with Gasteiger partial charge in [0.25, 0.3) is 0 Å². The van der Waals surface area contributed by atoms with Crippen molar-refractivity contribution in [2.24, 2.45) is 5.92 Å². The molecule has 152 valence electrons. The number of hydrogen-bond donors (Lipinski definition) is 2. The molecule has 0 aromatic rings. The van der Waals surface area contributed by atoms with Crippen LogP contribution in [0.2, 0.25) is 0 Å². The number of nitrogens with zero attached hydrogens (tertiary/aromatic N) is 1. The Hall–Kier alpha value is -1.85. The smallest absolute Gasteiger partial charge is 0.245 e. The Morgan fingerprint density at radius 3 is 2.86 bits per heavy atom. The highest BCUT2D eigenvalue weighted by molar-refractivity contribution is 5.77. The maximum Gasteiger partial charge on any atom is 0.245 e. The first kappa shape index (κ1) is 19.5. The second-order valence-electron chi connectivity index (χ2n) is 8.50. The van der Waals surface area contributed by atoms with Gasteiger partial charge in [0.2, 0.25) is 5.91 Å². The molecule has 2 aliphatic carbocycles. The quantitative estimate of drug-likeness (QED) is 0.791. The molecule has 1 atom stereocenters. The van der Waals surface area contributed by atoms with Crippen LogP contribution in [0.5, 0.6) is 0 Å². The summed E-state index contributed by atoms with van der Waals surface area (Å²) in [5.41, 5.74) is 2.51. The first-order valence-electron chi connectivity index (χ1n) is 10.8. The van der Waals surface area contributed by atoms with Crippen LogP contribution in [0.4, 0.5) is 0 Å². The molecule has 1 unspecified atom stereocenters. The van der Waals surface area contributed by atoms with Crippen LogP contribution in [0, 0.1) is 5.92 Å². The number of fused-ring (bicyclic) bond motifs is 1. The fourth-order valence-electron chi connectivity index (χ4n) is 5.02. The normalized spacial score (nSPS) is 26.4. The molecule has 0 spiro atoms. The molecule has 5 nitrogen and oxygen atoms in total. The zero-order valence-corrected chi connectivity index (χ0v) is 16.6. The third-order valence-electron chi connectivity index (χ3n) is 6.63. The highest BCUT2D eigenvalue weighted by Gasteiger charge is 2.27. The number of carbonyl (C=O) groups is 1. The molecule has 0 radical (unpaired) electrons. The predicted octanol–water partition coefficient (Wildman–Crippen LogP) is 3.97. The van der Waals surface area contributed by atoms with Crippen molar-refractivity contribution in [3.63, 3.8) is 0 Å². The van der Waals surface area contributed by atoms with Crippen LogP contribution in [-0.4, -0.2) is 41.7 Å². The van der Waals surface area contributed by atoms with Crippen molar-refractivity contribution in [3.8, 4) is 11.3 Å². The lowest BCUT2D eigenvalue weighted by atomic mass is 9.83. The minimum Gasteiger partial charge on any atom is -0.464 e. The van der Waals surface area contributed by atoms with Crippen LogP contribution >= 0.6 is 0 Å². The van der Waals surface area contributed by atoms with Crippen molar-refractivity contribution < 1.29 is 14.3 Å². The summed E-state index contributed by atoms with van der Waals surface area (Å²) in [5, 5.41) is 11.8. The molecule has 2 heterocycles. The molecule has 0 aromatic carbocycles. The second kappa shape index (κ2) is 9.10. The second-order valence-corrected chi connectivity index (χ2v) is 8.50. The third-order valence-corrected chi connectivity index (χ3v) is 6.63. The monoisotopic (exact) mass is 384 g/mol. The molecule has 4 rings (SSSR count). The Kier molecular flexibility index (Phi) is 6.33. The van der Waals surface area contributed by atoms with Crippen molar-refractivity contribution >= 4 is 5.91 Å². The maximum atomic E-state index is 11.4. The van der Waals surface area contributed by atoms with Crippen LogP contribution in [0.1, 0.15) is 63.0 Å². The molecule has 2 fully saturated rings. The fourth-order valence-corrected chi connectivity index (χ4v) is 5.02. The third kappa shape index (κ3) is 4.58. The van der Waals surface area contributed by atoms with E-state index < -0.39 is 6.61 Å². The van der Waals surface area contributed by atoms with Gasteiger partial charge in [0.05, 0.1) is 6.26 Å². The molecule has 4 aliphatic rings. The van der Waals surface area contributed by atoms with E-state index in [1.165, 1.54) is 56.2 Å². The number of rotatable bonds is 6. The Morgan fingerprint density at radius 1 is 1.18 bits per heavy atom. The molecule has 1 saturated carbocycles. The lowest BCUT2D eigenvalue weighted by Gasteiger charge is -2.37. The Bertz CT molecular complexity index is 735. The largest absolute Gasteiger partial charge is 0.464 e. The van der Waals surface area contributed by atoms with Gasteiger partial charge in [0.15, 0.2) is 0 Å². The van der Waals surface area contributed by atoms with Gasteiger partial charge in [0, 0.05) is 23.2 Å². The average Bonchev–Trinajstić information content (AvgIpc) is 3.21.